The lowest BCUT2D eigenvalue weighted by Gasteiger charge is -2.27. The first-order valence-corrected chi connectivity index (χ1v) is 6.22. The van der Waals surface area contributed by atoms with Crippen LogP contribution in [0.25, 0.3) is 0 Å². The predicted molar refractivity (Wildman–Crippen MR) is 67.5 cm³/mol. The maximum Gasteiger partial charge on any atom is 0.335 e. The summed E-state index contributed by atoms with van der Waals surface area (Å²) in [7, 11) is 1.79. The first kappa shape index (κ1) is 12.8. The molecule has 1 N–H and O–H groups in total. The summed E-state index contributed by atoms with van der Waals surface area (Å²) < 4.78 is 4.71. The van der Waals surface area contributed by atoms with Crippen molar-refractivity contribution in [3.8, 4) is 0 Å². The molecule has 2 rings (SSSR count). The highest BCUT2D eigenvalue weighted by Gasteiger charge is 2.19. The highest BCUT2D eigenvalue weighted by molar-refractivity contribution is 5.93. The molecule has 5 nitrogen and oxygen atoms in total. The molecule has 0 saturated carbocycles. The second-order valence-electron chi connectivity index (χ2n) is 4.72. The van der Waals surface area contributed by atoms with Gasteiger partial charge in [-0.15, -0.1) is 0 Å². The summed E-state index contributed by atoms with van der Waals surface area (Å²) in [5.74, 6) is 0.452. The van der Waals surface area contributed by atoms with Gasteiger partial charge in [0, 0.05) is 19.7 Å². The average Bonchev–Trinajstić information content (AvgIpc) is 2.40. The largest absolute Gasteiger partial charge is 0.430 e. The minimum Gasteiger partial charge on any atom is -0.430 e. The third-order valence-corrected chi connectivity index (χ3v) is 3.29. The van der Waals surface area contributed by atoms with E-state index in [1.54, 1.807) is 11.9 Å². The first-order valence-electron chi connectivity index (χ1n) is 6.22. The van der Waals surface area contributed by atoms with Crippen LogP contribution in [-0.2, 0) is 0 Å². The Labute approximate surface area is 106 Å². The second kappa shape index (κ2) is 5.82. The number of amides is 1. The maximum absolute atomic E-state index is 12.1. The van der Waals surface area contributed by atoms with Crippen molar-refractivity contribution in [2.75, 3.05) is 26.7 Å². The number of carbonyl (C=O) groups excluding carboxylic acids is 1. The monoisotopic (exact) mass is 250 g/mol. The van der Waals surface area contributed by atoms with Crippen LogP contribution in [0.1, 0.15) is 23.2 Å². The maximum atomic E-state index is 12.1. The van der Waals surface area contributed by atoms with E-state index in [0.717, 1.165) is 32.5 Å². The Bertz CT molecular complexity index is 443. The molecule has 0 aliphatic carbocycles. The van der Waals surface area contributed by atoms with Crippen LogP contribution < -0.4 is 10.9 Å². The molecule has 98 valence electrons. The van der Waals surface area contributed by atoms with Gasteiger partial charge < -0.3 is 14.6 Å². The van der Waals surface area contributed by atoms with Gasteiger partial charge in [0.2, 0.25) is 0 Å². The average molecular weight is 250 g/mol. The van der Waals surface area contributed by atoms with Crippen LogP contribution in [0.5, 0.6) is 0 Å². The van der Waals surface area contributed by atoms with Gasteiger partial charge in [-0.1, -0.05) is 0 Å². The van der Waals surface area contributed by atoms with Gasteiger partial charge in [-0.3, -0.25) is 4.79 Å². The van der Waals surface area contributed by atoms with E-state index in [-0.39, 0.29) is 5.91 Å². The third-order valence-electron chi connectivity index (χ3n) is 3.29. The third kappa shape index (κ3) is 3.20. The molecule has 1 saturated heterocycles. The Hall–Kier alpha value is -1.62. The molecule has 0 bridgehead atoms. The molecule has 0 radical (unpaired) electrons. The van der Waals surface area contributed by atoms with E-state index < -0.39 is 5.63 Å². The zero-order valence-corrected chi connectivity index (χ0v) is 10.5. The fourth-order valence-corrected chi connectivity index (χ4v) is 2.23. The van der Waals surface area contributed by atoms with Crippen molar-refractivity contribution < 1.29 is 9.21 Å². The fraction of sp³-hybridized carbons (Fsp3) is 0.538. The van der Waals surface area contributed by atoms with Crippen molar-refractivity contribution in [1.29, 1.82) is 0 Å². The van der Waals surface area contributed by atoms with Gasteiger partial charge in [-0.05, 0) is 37.9 Å². The van der Waals surface area contributed by atoms with Gasteiger partial charge in [-0.25, -0.2) is 4.79 Å². The van der Waals surface area contributed by atoms with Gasteiger partial charge in [0.05, 0.1) is 5.56 Å². The normalized spacial score (nSPS) is 16.5. The standard InChI is InChI=1S/C13H18N2O3/c1-15(8-10-4-6-14-7-5-10)13(17)11-2-3-12(16)18-9-11/h2-3,9-10,14H,4-8H2,1H3. The predicted octanol–water partition coefficient (Wildman–Crippen LogP) is 0.711. The van der Waals surface area contributed by atoms with E-state index in [2.05, 4.69) is 5.32 Å². The topological polar surface area (TPSA) is 62.6 Å². The van der Waals surface area contributed by atoms with E-state index in [9.17, 15) is 9.59 Å². The number of nitrogens with zero attached hydrogens (tertiary/aromatic N) is 1. The van der Waals surface area contributed by atoms with Crippen molar-refractivity contribution in [2.24, 2.45) is 5.92 Å². The van der Waals surface area contributed by atoms with Crippen LogP contribution in [0.2, 0.25) is 0 Å². The summed E-state index contributed by atoms with van der Waals surface area (Å²) >= 11 is 0. The van der Waals surface area contributed by atoms with Crippen LogP contribution in [0, 0.1) is 5.92 Å². The summed E-state index contributed by atoms with van der Waals surface area (Å²) in [6.45, 7) is 2.79. The molecule has 5 heteroatoms. The van der Waals surface area contributed by atoms with Crippen LogP contribution in [-0.4, -0.2) is 37.5 Å². The van der Waals surface area contributed by atoms with E-state index in [0.29, 0.717) is 11.5 Å². The van der Waals surface area contributed by atoms with Gasteiger partial charge in [0.15, 0.2) is 0 Å². The van der Waals surface area contributed by atoms with E-state index in [4.69, 9.17) is 4.42 Å². The van der Waals surface area contributed by atoms with E-state index in [1.807, 2.05) is 0 Å². The minimum atomic E-state index is -0.437. The summed E-state index contributed by atoms with van der Waals surface area (Å²) in [6, 6.07) is 2.78. The zero-order chi connectivity index (χ0) is 13.0. The smallest absolute Gasteiger partial charge is 0.335 e. The van der Waals surface area contributed by atoms with Crippen LogP contribution in [0.3, 0.4) is 0 Å². The van der Waals surface area contributed by atoms with Crippen molar-refractivity contribution in [1.82, 2.24) is 10.2 Å². The Morgan fingerprint density at radius 3 is 2.78 bits per heavy atom. The van der Waals surface area contributed by atoms with Gasteiger partial charge in [-0.2, -0.15) is 0 Å². The van der Waals surface area contributed by atoms with Crippen molar-refractivity contribution in [2.45, 2.75) is 12.8 Å². The Morgan fingerprint density at radius 1 is 1.44 bits per heavy atom. The Morgan fingerprint density at radius 2 is 2.17 bits per heavy atom. The fourth-order valence-electron chi connectivity index (χ4n) is 2.23. The number of hydrogen-bond donors (Lipinski definition) is 1. The van der Waals surface area contributed by atoms with Gasteiger partial charge in [0.1, 0.15) is 6.26 Å². The van der Waals surface area contributed by atoms with Gasteiger partial charge in [0.25, 0.3) is 5.91 Å². The molecule has 0 spiro atoms. The molecular weight excluding hydrogens is 232 g/mol. The summed E-state index contributed by atoms with van der Waals surface area (Å²) in [6.07, 6.45) is 3.42. The highest BCUT2D eigenvalue weighted by Crippen LogP contribution is 2.14. The summed E-state index contributed by atoms with van der Waals surface area (Å²) in [5.41, 5.74) is -0.0152. The Kier molecular flexibility index (Phi) is 4.15. The molecule has 0 atom stereocenters. The van der Waals surface area contributed by atoms with Crippen LogP contribution in [0.4, 0.5) is 0 Å². The minimum absolute atomic E-state index is 0.0997. The molecule has 2 heterocycles. The van der Waals surface area contributed by atoms with E-state index in [1.165, 1.54) is 18.4 Å². The number of piperidine rings is 1. The number of rotatable bonds is 3. The molecular formula is C13H18N2O3. The number of carbonyl (C=O) groups is 1. The molecule has 1 aliphatic rings. The van der Waals surface area contributed by atoms with E-state index >= 15 is 0 Å². The molecule has 18 heavy (non-hydrogen) atoms. The highest BCUT2D eigenvalue weighted by atomic mass is 16.4. The van der Waals surface area contributed by atoms with Crippen LogP contribution >= 0.6 is 0 Å². The summed E-state index contributed by atoms with van der Waals surface area (Å²) in [4.78, 5) is 24.6. The lowest BCUT2D eigenvalue weighted by Crippen LogP contribution is -2.37. The molecule has 1 aliphatic heterocycles. The zero-order valence-electron chi connectivity index (χ0n) is 10.5. The van der Waals surface area contributed by atoms with Crippen molar-refractivity contribution >= 4 is 5.91 Å². The molecule has 0 unspecified atom stereocenters. The SMILES string of the molecule is CN(CC1CCNCC1)C(=O)c1ccc(=O)oc1. The summed E-state index contributed by atoms with van der Waals surface area (Å²) in [5, 5.41) is 3.30. The molecule has 1 amide bonds. The van der Waals surface area contributed by atoms with Crippen LogP contribution in [0.15, 0.2) is 27.6 Å². The molecule has 1 aromatic heterocycles. The quantitative estimate of drug-likeness (QED) is 0.858. The lowest BCUT2D eigenvalue weighted by atomic mass is 9.97. The number of hydrogen-bond acceptors (Lipinski definition) is 4. The molecule has 0 aromatic carbocycles. The first-order chi connectivity index (χ1) is 8.66. The molecule has 1 aromatic rings. The van der Waals surface area contributed by atoms with Gasteiger partial charge >= 0.3 is 5.63 Å². The number of nitrogens with one attached hydrogen (secondary N) is 1. The Balaban J connectivity index is 1.95. The lowest BCUT2D eigenvalue weighted by molar-refractivity contribution is 0.0760. The van der Waals surface area contributed by atoms with Crippen molar-refractivity contribution in [3.63, 3.8) is 0 Å². The molecule has 1 fully saturated rings. The van der Waals surface area contributed by atoms with Crippen molar-refractivity contribution in [3.05, 3.63) is 34.4 Å². The second-order valence-corrected chi connectivity index (χ2v) is 4.72.